The summed E-state index contributed by atoms with van der Waals surface area (Å²) in [4.78, 5) is 91.1. The number of imide groups is 2. The maximum Gasteiger partial charge on any atom is 0.262 e. The van der Waals surface area contributed by atoms with E-state index in [9.17, 15) is 33.6 Å². The van der Waals surface area contributed by atoms with Crippen LogP contribution in [0.2, 0.25) is 0 Å². The molecule has 2 saturated heterocycles. The van der Waals surface area contributed by atoms with Gasteiger partial charge in [-0.15, -0.1) is 0 Å². The second-order valence-corrected chi connectivity index (χ2v) is 14.3. The molecular weight excluding hydrogens is 626 g/mol. The molecular formula is C37H49N5O7. The lowest BCUT2D eigenvalue weighted by Crippen LogP contribution is -2.54. The summed E-state index contributed by atoms with van der Waals surface area (Å²) < 4.78 is 0. The number of carbonyl (C=O) groups is 7. The zero-order valence-corrected chi connectivity index (χ0v) is 29.0. The molecule has 7 amide bonds. The molecule has 4 rings (SSSR count). The van der Waals surface area contributed by atoms with Crippen LogP contribution in [0.1, 0.15) is 124 Å². The maximum atomic E-state index is 13.0. The number of hydrogen-bond acceptors (Lipinski definition) is 7. The number of piperidine rings is 1. The molecule has 0 aliphatic carbocycles. The Kier molecular flexibility index (Phi) is 13.1. The van der Waals surface area contributed by atoms with Crippen molar-refractivity contribution in [1.82, 2.24) is 25.3 Å². The third kappa shape index (κ3) is 10.7. The van der Waals surface area contributed by atoms with Crippen molar-refractivity contribution < 1.29 is 33.6 Å². The van der Waals surface area contributed by atoms with E-state index < -0.39 is 29.7 Å². The predicted octanol–water partition coefficient (Wildman–Crippen LogP) is 3.17. The summed E-state index contributed by atoms with van der Waals surface area (Å²) in [6.45, 7) is 8.59. The minimum atomic E-state index is -0.987. The molecule has 0 bridgehead atoms. The van der Waals surface area contributed by atoms with Crippen LogP contribution in [0.25, 0.3) is 0 Å². The molecule has 12 nitrogen and oxygen atoms in total. The van der Waals surface area contributed by atoms with Crippen LogP contribution in [0.3, 0.4) is 0 Å². The summed E-state index contributed by atoms with van der Waals surface area (Å²) in [6.07, 6.45) is 8.33. The molecule has 3 heterocycles. The molecule has 12 heteroatoms. The van der Waals surface area contributed by atoms with Crippen LogP contribution < -0.4 is 10.6 Å². The quantitative estimate of drug-likeness (QED) is 0.141. The lowest BCUT2D eigenvalue weighted by molar-refractivity contribution is -0.142. The van der Waals surface area contributed by atoms with E-state index in [1.165, 1.54) is 0 Å². The Bertz CT molecular complexity index is 1510. The fraction of sp³-hybridized carbons (Fsp3) is 0.595. The molecule has 0 spiro atoms. The first-order chi connectivity index (χ1) is 23.3. The first-order valence-corrected chi connectivity index (χ1v) is 17.5. The van der Waals surface area contributed by atoms with Crippen LogP contribution in [0, 0.1) is 17.3 Å². The topological polar surface area (TPSA) is 153 Å². The summed E-state index contributed by atoms with van der Waals surface area (Å²) in [5, 5.41) is 5.05. The third-order valence-corrected chi connectivity index (χ3v) is 8.95. The fourth-order valence-electron chi connectivity index (χ4n) is 6.25. The van der Waals surface area contributed by atoms with Gasteiger partial charge in [0.2, 0.25) is 29.5 Å². The van der Waals surface area contributed by atoms with Crippen molar-refractivity contribution in [2.45, 2.75) is 104 Å². The molecule has 3 aliphatic rings. The van der Waals surface area contributed by atoms with Crippen LogP contribution in [0.15, 0.2) is 18.2 Å². The highest BCUT2D eigenvalue weighted by Crippen LogP contribution is 2.28. The Morgan fingerprint density at radius 3 is 2.10 bits per heavy atom. The summed E-state index contributed by atoms with van der Waals surface area (Å²) in [5.41, 5.74) is 1.02. The smallest absolute Gasteiger partial charge is 0.262 e. The molecule has 1 aromatic carbocycles. The van der Waals surface area contributed by atoms with E-state index in [4.69, 9.17) is 0 Å². The van der Waals surface area contributed by atoms with Crippen LogP contribution in [0.5, 0.6) is 0 Å². The van der Waals surface area contributed by atoms with E-state index in [-0.39, 0.29) is 53.5 Å². The second-order valence-electron chi connectivity index (χ2n) is 14.3. The van der Waals surface area contributed by atoms with Gasteiger partial charge in [-0.1, -0.05) is 64.7 Å². The highest BCUT2D eigenvalue weighted by molar-refractivity contribution is 6.23. The number of unbranched alkanes of at least 4 members (excludes halogenated alkanes) is 7. The maximum absolute atomic E-state index is 13.0. The van der Waals surface area contributed by atoms with Gasteiger partial charge < -0.3 is 15.1 Å². The number of benzene rings is 1. The van der Waals surface area contributed by atoms with Gasteiger partial charge in [0.05, 0.1) is 11.1 Å². The Balaban J connectivity index is 1.02. The number of amides is 7. The third-order valence-electron chi connectivity index (χ3n) is 8.95. The minimum absolute atomic E-state index is 0.0726. The molecule has 0 radical (unpaired) electrons. The van der Waals surface area contributed by atoms with Crippen LogP contribution in [-0.2, 0) is 24.0 Å². The molecule has 2 fully saturated rings. The van der Waals surface area contributed by atoms with Crippen molar-refractivity contribution in [1.29, 1.82) is 0 Å². The zero-order chi connectivity index (χ0) is 35.6. The first-order valence-electron chi connectivity index (χ1n) is 17.5. The standard InChI is InChI=1S/C37H49N5O7/c1-37(2,3)25-33(46)41-21-19-40(20-22-41)32(45)24-31(44)38-18-12-10-8-6-4-5-7-9-11-13-26-14-15-27-28(23-26)36(49)42(35(27)48)29-16-17-30(43)39-34(29)47/h14-15,23,29H,4-10,12,16-22,24-25H2,1-3H3,(H,38,44)(H,39,43,47). The van der Waals surface area contributed by atoms with Crippen molar-refractivity contribution in [3.63, 3.8) is 0 Å². The van der Waals surface area contributed by atoms with Crippen molar-refractivity contribution in [3.8, 4) is 11.8 Å². The molecule has 49 heavy (non-hydrogen) atoms. The normalized spacial score (nSPS) is 17.8. The van der Waals surface area contributed by atoms with Gasteiger partial charge in [0, 0.05) is 57.5 Å². The molecule has 2 N–H and O–H groups in total. The Labute approximate surface area is 288 Å². The Morgan fingerprint density at radius 2 is 1.45 bits per heavy atom. The summed E-state index contributed by atoms with van der Waals surface area (Å²) in [6, 6.07) is 3.88. The van der Waals surface area contributed by atoms with Gasteiger partial charge in [-0.05, 0) is 42.9 Å². The summed E-state index contributed by atoms with van der Waals surface area (Å²) in [5.74, 6) is 3.76. The average Bonchev–Trinajstić information content (AvgIpc) is 3.29. The number of rotatable bonds is 13. The molecule has 264 valence electrons. The van der Waals surface area contributed by atoms with Crippen molar-refractivity contribution in [2.24, 2.45) is 5.41 Å². The van der Waals surface area contributed by atoms with E-state index in [1.807, 2.05) is 20.8 Å². The number of fused-ring (bicyclic) bond motifs is 1. The van der Waals surface area contributed by atoms with Crippen molar-refractivity contribution >= 4 is 41.4 Å². The average molecular weight is 676 g/mol. The van der Waals surface area contributed by atoms with Gasteiger partial charge in [-0.2, -0.15) is 0 Å². The highest BCUT2D eigenvalue weighted by atomic mass is 16.2. The number of nitrogens with zero attached hydrogens (tertiary/aromatic N) is 3. The first kappa shape index (κ1) is 37.3. The fourth-order valence-corrected chi connectivity index (χ4v) is 6.25. The van der Waals surface area contributed by atoms with E-state index in [0.717, 1.165) is 49.8 Å². The molecule has 0 saturated carbocycles. The van der Waals surface area contributed by atoms with Gasteiger partial charge in [0.15, 0.2) is 0 Å². The Hall–Kier alpha value is -4.53. The minimum Gasteiger partial charge on any atom is -0.356 e. The van der Waals surface area contributed by atoms with Gasteiger partial charge in [0.25, 0.3) is 11.8 Å². The van der Waals surface area contributed by atoms with Crippen molar-refractivity contribution in [2.75, 3.05) is 32.7 Å². The van der Waals surface area contributed by atoms with Gasteiger partial charge in [-0.3, -0.25) is 43.8 Å². The lowest BCUT2D eigenvalue weighted by Gasteiger charge is -2.36. The molecule has 3 aliphatic heterocycles. The highest BCUT2D eigenvalue weighted by Gasteiger charge is 2.44. The Morgan fingerprint density at radius 1 is 0.837 bits per heavy atom. The summed E-state index contributed by atoms with van der Waals surface area (Å²) in [7, 11) is 0. The lowest BCUT2D eigenvalue weighted by atomic mass is 9.91. The van der Waals surface area contributed by atoms with Gasteiger partial charge in [0.1, 0.15) is 12.5 Å². The molecule has 1 atom stereocenters. The number of nitrogens with one attached hydrogen (secondary N) is 2. The second kappa shape index (κ2) is 17.2. The molecule has 1 aromatic rings. The van der Waals surface area contributed by atoms with E-state index in [2.05, 4.69) is 22.5 Å². The van der Waals surface area contributed by atoms with Crippen LogP contribution in [0.4, 0.5) is 0 Å². The number of carbonyl (C=O) groups excluding carboxylic acids is 7. The number of piperazine rings is 1. The van der Waals surface area contributed by atoms with E-state index >= 15 is 0 Å². The SMILES string of the molecule is CC(C)(C)CC(=O)N1CCN(C(=O)CC(=O)NCCCCCCCCCC#Cc2ccc3c(c2)C(=O)N(C2CCC(=O)NC2=O)C3=O)CC1. The molecule has 1 unspecified atom stereocenters. The van der Waals surface area contributed by atoms with Crippen LogP contribution in [-0.4, -0.2) is 94.8 Å². The number of hydrogen-bond donors (Lipinski definition) is 2. The largest absolute Gasteiger partial charge is 0.356 e. The predicted molar refractivity (Wildman–Crippen MR) is 182 cm³/mol. The van der Waals surface area contributed by atoms with Crippen LogP contribution >= 0.6 is 0 Å². The van der Waals surface area contributed by atoms with Gasteiger partial charge >= 0.3 is 0 Å². The van der Waals surface area contributed by atoms with E-state index in [0.29, 0.717) is 51.1 Å². The van der Waals surface area contributed by atoms with Gasteiger partial charge in [-0.25, -0.2) is 0 Å². The monoisotopic (exact) mass is 675 g/mol. The van der Waals surface area contributed by atoms with E-state index in [1.54, 1.807) is 28.0 Å². The summed E-state index contributed by atoms with van der Waals surface area (Å²) >= 11 is 0. The zero-order valence-electron chi connectivity index (χ0n) is 29.0. The van der Waals surface area contributed by atoms with Crippen molar-refractivity contribution in [3.05, 3.63) is 34.9 Å². The molecule has 0 aromatic heterocycles.